The zero-order valence-electron chi connectivity index (χ0n) is 11.1. The lowest BCUT2D eigenvalue weighted by molar-refractivity contribution is -0.149. The van der Waals surface area contributed by atoms with E-state index in [2.05, 4.69) is 10.3 Å². The summed E-state index contributed by atoms with van der Waals surface area (Å²) in [6.07, 6.45) is 2.31. The number of nitrogens with zero attached hydrogens (tertiary/aromatic N) is 4. The molecule has 0 bridgehead atoms. The van der Waals surface area contributed by atoms with E-state index < -0.39 is 12.0 Å². The quantitative estimate of drug-likeness (QED) is 0.753. The van der Waals surface area contributed by atoms with Crippen LogP contribution in [0.25, 0.3) is 0 Å². The van der Waals surface area contributed by atoms with Gasteiger partial charge in [-0.25, -0.2) is 9.48 Å². The second-order valence-electron chi connectivity index (χ2n) is 4.46. The lowest BCUT2D eigenvalue weighted by atomic mass is 10.2. The summed E-state index contributed by atoms with van der Waals surface area (Å²) in [5.74, 6) is -0.809. The highest BCUT2D eigenvalue weighted by Crippen LogP contribution is 2.31. The molecule has 0 spiro atoms. The van der Waals surface area contributed by atoms with Gasteiger partial charge in [0.2, 0.25) is 5.91 Å². The van der Waals surface area contributed by atoms with Gasteiger partial charge in [0.05, 0.1) is 17.3 Å². The number of carbonyl (C=O) groups is 2. The fraction of sp³-hybridized carbons (Fsp3) is 0.636. The van der Waals surface area contributed by atoms with Gasteiger partial charge in [0.1, 0.15) is 12.6 Å². The predicted molar refractivity (Wildman–Crippen MR) is 72.7 cm³/mol. The largest absolute Gasteiger partial charge is 0.480 e. The minimum Gasteiger partial charge on any atom is -0.480 e. The molecule has 1 amide bonds. The average Bonchev–Trinajstić information content (AvgIpc) is 3.03. The monoisotopic (exact) mass is 299 g/mol. The summed E-state index contributed by atoms with van der Waals surface area (Å²) in [5.41, 5.74) is 6.02. The molecule has 3 N–H and O–H groups in total. The van der Waals surface area contributed by atoms with E-state index >= 15 is 0 Å². The first kappa shape index (κ1) is 14.8. The van der Waals surface area contributed by atoms with E-state index in [9.17, 15) is 14.7 Å². The van der Waals surface area contributed by atoms with Crippen LogP contribution in [0.4, 0.5) is 0 Å². The zero-order chi connectivity index (χ0) is 14.7. The summed E-state index contributed by atoms with van der Waals surface area (Å²) in [4.78, 5) is 25.0. The van der Waals surface area contributed by atoms with Crippen molar-refractivity contribution in [3.63, 3.8) is 0 Å². The third kappa shape index (κ3) is 2.93. The van der Waals surface area contributed by atoms with Crippen molar-refractivity contribution in [1.29, 1.82) is 0 Å². The summed E-state index contributed by atoms with van der Waals surface area (Å²) < 4.78 is 1.39. The van der Waals surface area contributed by atoms with E-state index in [1.54, 1.807) is 6.20 Å². The molecule has 2 rings (SSSR count). The van der Waals surface area contributed by atoms with E-state index in [1.165, 1.54) is 21.3 Å². The topological polar surface area (TPSA) is 114 Å². The van der Waals surface area contributed by atoms with Crippen molar-refractivity contribution in [1.82, 2.24) is 19.9 Å². The van der Waals surface area contributed by atoms with Gasteiger partial charge in [-0.15, -0.1) is 16.9 Å². The highest BCUT2D eigenvalue weighted by atomic mass is 32.2. The van der Waals surface area contributed by atoms with E-state index in [4.69, 9.17) is 5.73 Å². The molecule has 2 unspecified atom stereocenters. The normalized spacial score (nSPS) is 22.2. The smallest absolute Gasteiger partial charge is 0.327 e. The third-order valence-electron chi connectivity index (χ3n) is 3.11. The van der Waals surface area contributed by atoms with E-state index in [0.717, 1.165) is 0 Å². The number of thioether (sulfide) groups is 1. The molecule has 20 heavy (non-hydrogen) atoms. The molecule has 2 heterocycles. The first-order valence-corrected chi connectivity index (χ1v) is 7.36. The Kier molecular flexibility index (Phi) is 4.61. The summed E-state index contributed by atoms with van der Waals surface area (Å²) in [6, 6.07) is -0.769. The molecule has 0 radical (unpaired) electrons. The molecule has 1 aromatic heterocycles. The molecular formula is C11H17N5O3S. The Morgan fingerprint density at radius 1 is 1.60 bits per heavy atom. The molecule has 1 aliphatic heterocycles. The van der Waals surface area contributed by atoms with Gasteiger partial charge in [0, 0.05) is 12.3 Å². The number of aliphatic carboxylic acids is 1. The molecule has 1 aliphatic rings. The minimum atomic E-state index is -0.969. The zero-order valence-corrected chi connectivity index (χ0v) is 11.9. The molecule has 1 fully saturated rings. The van der Waals surface area contributed by atoms with E-state index in [0.29, 0.717) is 17.9 Å². The summed E-state index contributed by atoms with van der Waals surface area (Å²) >= 11 is 1.49. The van der Waals surface area contributed by atoms with Gasteiger partial charge in [-0.05, 0) is 6.42 Å². The Morgan fingerprint density at radius 3 is 2.90 bits per heavy atom. The van der Waals surface area contributed by atoms with Crippen molar-refractivity contribution in [2.75, 3.05) is 5.75 Å². The van der Waals surface area contributed by atoms with Crippen molar-refractivity contribution in [3.05, 3.63) is 11.9 Å². The van der Waals surface area contributed by atoms with E-state index in [-0.39, 0.29) is 24.4 Å². The number of carboxylic acid groups (broad SMARTS) is 1. The number of hydrogen-bond donors (Lipinski definition) is 2. The van der Waals surface area contributed by atoms with Crippen LogP contribution in [-0.4, -0.2) is 54.0 Å². The van der Waals surface area contributed by atoms with Crippen molar-refractivity contribution in [2.24, 2.45) is 5.73 Å². The highest BCUT2D eigenvalue weighted by Gasteiger charge is 2.40. The third-order valence-corrected chi connectivity index (χ3v) is 4.56. The molecule has 110 valence electrons. The van der Waals surface area contributed by atoms with Gasteiger partial charge in [-0.2, -0.15) is 0 Å². The van der Waals surface area contributed by atoms with Gasteiger partial charge in [-0.3, -0.25) is 4.79 Å². The fourth-order valence-electron chi connectivity index (χ4n) is 2.13. The number of carboxylic acids is 1. The molecule has 2 atom stereocenters. The predicted octanol–water partition coefficient (Wildman–Crippen LogP) is -0.498. The lowest BCUT2D eigenvalue weighted by Gasteiger charge is -2.26. The SMILES string of the molecule is CCC1SCC(C(=O)O)N1C(=O)Cn1cc(CN)nn1. The highest BCUT2D eigenvalue weighted by molar-refractivity contribution is 8.00. The van der Waals surface area contributed by atoms with Gasteiger partial charge >= 0.3 is 5.97 Å². The maximum Gasteiger partial charge on any atom is 0.327 e. The minimum absolute atomic E-state index is 0.0200. The van der Waals surface area contributed by atoms with Crippen LogP contribution in [0, 0.1) is 0 Å². The Morgan fingerprint density at radius 2 is 2.35 bits per heavy atom. The van der Waals surface area contributed by atoms with Crippen molar-refractivity contribution < 1.29 is 14.7 Å². The number of hydrogen-bond acceptors (Lipinski definition) is 6. The van der Waals surface area contributed by atoms with E-state index in [1.807, 2.05) is 6.92 Å². The molecular weight excluding hydrogens is 282 g/mol. The van der Waals surface area contributed by atoms with Gasteiger partial charge < -0.3 is 15.7 Å². The molecule has 8 nitrogen and oxygen atoms in total. The van der Waals surface area contributed by atoms with Crippen LogP contribution in [0.2, 0.25) is 0 Å². The summed E-state index contributed by atoms with van der Waals surface area (Å²) in [5, 5.41) is 16.7. The Bertz CT molecular complexity index is 506. The Balaban J connectivity index is 2.10. The average molecular weight is 299 g/mol. The molecule has 0 aromatic carbocycles. The maximum absolute atomic E-state index is 12.3. The van der Waals surface area contributed by atoms with Crippen LogP contribution in [0.1, 0.15) is 19.0 Å². The maximum atomic E-state index is 12.3. The van der Waals surface area contributed by atoms with Crippen molar-refractivity contribution in [2.45, 2.75) is 37.8 Å². The van der Waals surface area contributed by atoms with Gasteiger partial charge in [0.15, 0.2) is 0 Å². The molecule has 1 aromatic rings. The lowest BCUT2D eigenvalue weighted by Crippen LogP contribution is -2.46. The molecule has 0 aliphatic carbocycles. The number of aromatic nitrogens is 3. The van der Waals surface area contributed by atoms with Crippen LogP contribution >= 0.6 is 11.8 Å². The second kappa shape index (κ2) is 6.23. The van der Waals surface area contributed by atoms with Crippen molar-refractivity contribution >= 4 is 23.6 Å². The number of nitrogens with two attached hydrogens (primary N) is 1. The number of amides is 1. The molecule has 9 heteroatoms. The molecule has 0 saturated carbocycles. The van der Waals surface area contributed by atoms with Crippen LogP contribution in [0.5, 0.6) is 0 Å². The van der Waals surface area contributed by atoms with Crippen LogP contribution < -0.4 is 5.73 Å². The standard InChI is InChI=1S/C11H17N5O3S/c1-2-10-16(8(6-20-10)11(18)19)9(17)5-15-4-7(3-12)13-14-15/h4,8,10H,2-3,5-6,12H2,1H3,(H,18,19). The van der Waals surface area contributed by atoms with Crippen LogP contribution in [0.3, 0.4) is 0 Å². The first-order chi connectivity index (χ1) is 9.56. The van der Waals surface area contributed by atoms with Gasteiger partial charge in [0.25, 0.3) is 0 Å². The second-order valence-corrected chi connectivity index (χ2v) is 5.67. The Hall–Kier alpha value is -1.61. The number of rotatable bonds is 5. The van der Waals surface area contributed by atoms with Crippen LogP contribution in [0.15, 0.2) is 6.20 Å². The van der Waals surface area contributed by atoms with Crippen LogP contribution in [-0.2, 0) is 22.7 Å². The van der Waals surface area contributed by atoms with Crippen molar-refractivity contribution in [3.8, 4) is 0 Å². The molecule has 1 saturated heterocycles. The summed E-state index contributed by atoms with van der Waals surface area (Å²) in [7, 11) is 0. The Labute approximate surface area is 120 Å². The first-order valence-electron chi connectivity index (χ1n) is 6.31. The fourth-order valence-corrected chi connectivity index (χ4v) is 3.50. The van der Waals surface area contributed by atoms with Gasteiger partial charge in [-0.1, -0.05) is 12.1 Å². The number of carbonyl (C=O) groups excluding carboxylic acids is 1. The summed E-state index contributed by atoms with van der Waals surface area (Å²) in [6.45, 7) is 2.17.